The van der Waals surface area contributed by atoms with Crippen molar-refractivity contribution in [3.8, 4) is 11.3 Å². The van der Waals surface area contributed by atoms with Gasteiger partial charge < -0.3 is 5.32 Å². The Balaban J connectivity index is 1.42. The summed E-state index contributed by atoms with van der Waals surface area (Å²) in [7, 11) is 0. The maximum Gasteiger partial charge on any atom is 0.229 e. The molecule has 0 spiro atoms. The van der Waals surface area contributed by atoms with Crippen LogP contribution in [0.25, 0.3) is 11.3 Å². The van der Waals surface area contributed by atoms with Gasteiger partial charge in [0.2, 0.25) is 5.91 Å². The van der Waals surface area contributed by atoms with E-state index in [4.69, 9.17) is 0 Å². The highest BCUT2D eigenvalue weighted by Gasteiger charge is 2.44. The lowest BCUT2D eigenvalue weighted by molar-refractivity contribution is -0.117. The number of benzene rings is 1. The molecule has 4 rings (SSSR count). The third-order valence-corrected chi connectivity index (χ3v) is 4.80. The van der Waals surface area contributed by atoms with Gasteiger partial charge in [-0.2, -0.15) is 0 Å². The maximum absolute atomic E-state index is 12.3. The molecule has 0 saturated heterocycles. The molecule has 1 N–H and O–H groups in total. The van der Waals surface area contributed by atoms with Gasteiger partial charge in [-0.05, 0) is 30.0 Å². The molecule has 1 fully saturated rings. The van der Waals surface area contributed by atoms with E-state index in [0.717, 1.165) is 17.7 Å². The van der Waals surface area contributed by atoms with Crippen molar-refractivity contribution < 1.29 is 4.79 Å². The van der Waals surface area contributed by atoms with Crippen LogP contribution in [0.5, 0.6) is 0 Å². The first kappa shape index (κ1) is 14.1. The van der Waals surface area contributed by atoms with E-state index in [1.165, 1.54) is 16.9 Å². The molecule has 5 heteroatoms. The Morgan fingerprint density at radius 3 is 2.83 bits per heavy atom. The number of thiazole rings is 1. The lowest BCUT2D eigenvalue weighted by atomic mass is 10.1. The second-order valence-corrected chi connectivity index (χ2v) is 6.49. The average Bonchev–Trinajstić information content (AvgIpc) is 3.29. The molecule has 1 aliphatic carbocycles. The van der Waals surface area contributed by atoms with Crippen LogP contribution in [0.15, 0.2) is 60.2 Å². The van der Waals surface area contributed by atoms with Crippen molar-refractivity contribution in [2.75, 3.05) is 5.32 Å². The van der Waals surface area contributed by atoms with Crippen LogP contribution in [0.3, 0.4) is 0 Å². The molecule has 23 heavy (non-hydrogen) atoms. The van der Waals surface area contributed by atoms with E-state index in [0.29, 0.717) is 11.0 Å². The summed E-state index contributed by atoms with van der Waals surface area (Å²) in [4.78, 5) is 20.9. The number of carbonyl (C=O) groups excluding carboxylic acids is 1. The highest BCUT2D eigenvalue weighted by Crippen LogP contribution is 2.48. The molecule has 1 aromatic carbocycles. The van der Waals surface area contributed by atoms with Crippen LogP contribution < -0.4 is 5.32 Å². The van der Waals surface area contributed by atoms with Gasteiger partial charge in [-0.1, -0.05) is 30.3 Å². The van der Waals surface area contributed by atoms with E-state index in [1.807, 2.05) is 35.7 Å². The minimum Gasteiger partial charge on any atom is -0.302 e. The first-order chi connectivity index (χ1) is 11.3. The summed E-state index contributed by atoms with van der Waals surface area (Å²) in [6.07, 6.45) is 4.42. The molecule has 2 atom stereocenters. The molecule has 2 heterocycles. The quantitative estimate of drug-likeness (QED) is 0.791. The molecule has 1 saturated carbocycles. The van der Waals surface area contributed by atoms with Gasteiger partial charge in [0.15, 0.2) is 5.13 Å². The SMILES string of the molecule is O=C(Nc1nc(-c2cccnc2)cs1)[C@H]1C[C@H]1c1ccccc1. The van der Waals surface area contributed by atoms with Gasteiger partial charge in [0.05, 0.1) is 5.69 Å². The third-order valence-electron chi connectivity index (χ3n) is 4.05. The van der Waals surface area contributed by atoms with E-state index in [9.17, 15) is 4.79 Å². The zero-order chi connectivity index (χ0) is 15.6. The number of anilines is 1. The minimum atomic E-state index is 0.0585. The van der Waals surface area contributed by atoms with Crippen molar-refractivity contribution in [2.45, 2.75) is 12.3 Å². The van der Waals surface area contributed by atoms with Crippen molar-refractivity contribution in [2.24, 2.45) is 5.92 Å². The van der Waals surface area contributed by atoms with Crippen LogP contribution in [0.1, 0.15) is 17.9 Å². The van der Waals surface area contributed by atoms with Gasteiger partial charge in [-0.25, -0.2) is 4.98 Å². The fourth-order valence-electron chi connectivity index (χ4n) is 2.73. The molecule has 1 amide bonds. The molecule has 0 radical (unpaired) electrons. The van der Waals surface area contributed by atoms with Crippen molar-refractivity contribution in [1.29, 1.82) is 0 Å². The summed E-state index contributed by atoms with van der Waals surface area (Å²) in [5.74, 6) is 0.461. The molecule has 114 valence electrons. The topological polar surface area (TPSA) is 54.9 Å². The first-order valence-corrected chi connectivity index (χ1v) is 8.41. The Morgan fingerprint density at radius 1 is 1.17 bits per heavy atom. The summed E-state index contributed by atoms with van der Waals surface area (Å²) >= 11 is 1.44. The summed E-state index contributed by atoms with van der Waals surface area (Å²) < 4.78 is 0. The standard InChI is InChI=1S/C18H15N3OS/c22-17(15-9-14(15)12-5-2-1-3-6-12)21-18-20-16(11-23-18)13-7-4-8-19-10-13/h1-8,10-11,14-15H,9H2,(H,20,21,22)/t14-,15-/m0/s1. The Hall–Kier alpha value is -2.53. The molecule has 4 nitrogen and oxygen atoms in total. The average molecular weight is 321 g/mol. The molecule has 3 aromatic rings. The number of hydrogen-bond donors (Lipinski definition) is 1. The summed E-state index contributed by atoms with van der Waals surface area (Å²) in [6.45, 7) is 0. The molecule has 0 unspecified atom stereocenters. The van der Waals surface area contributed by atoms with Gasteiger partial charge in [-0.15, -0.1) is 11.3 Å². The summed E-state index contributed by atoms with van der Waals surface area (Å²) in [5.41, 5.74) is 3.04. The van der Waals surface area contributed by atoms with Crippen LogP contribution in [0.4, 0.5) is 5.13 Å². The van der Waals surface area contributed by atoms with Gasteiger partial charge >= 0.3 is 0 Å². The van der Waals surface area contributed by atoms with Crippen LogP contribution in [-0.2, 0) is 4.79 Å². The molecule has 2 aromatic heterocycles. The van der Waals surface area contributed by atoms with Gasteiger partial charge in [0.25, 0.3) is 0 Å². The van der Waals surface area contributed by atoms with Gasteiger partial charge in [0.1, 0.15) is 0 Å². The van der Waals surface area contributed by atoms with Crippen LogP contribution >= 0.6 is 11.3 Å². The van der Waals surface area contributed by atoms with Crippen molar-refractivity contribution >= 4 is 22.4 Å². The van der Waals surface area contributed by atoms with E-state index in [2.05, 4.69) is 27.4 Å². The number of aromatic nitrogens is 2. The molecule has 0 bridgehead atoms. The number of amides is 1. The highest BCUT2D eigenvalue weighted by atomic mass is 32.1. The van der Waals surface area contributed by atoms with Crippen molar-refractivity contribution in [1.82, 2.24) is 9.97 Å². The highest BCUT2D eigenvalue weighted by molar-refractivity contribution is 7.14. The lowest BCUT2D eigenvalue weighted by Gasteiger charge is -2.01. The van der Waals surface area contributed by atoms with Crippen LogP contribution in [-0.4, -0.2) is 15.9 Å². The Kier molecular flexibility index (Phi) is 3.63. The second kappa shape index (κ2) is 5.93. The molecular weight excluding hydrogens is 306 g/mol. The van der Waals surface area contributed by atoms with E-state index in [-0.39, 0.29) is 11.8 Å². The van der Waals surface area contributed by atoms with Crippen molar-refractivity contribution in [3.05, 3.63) is 65.8 Å². The first-order valence-electron chi connectivity index (χ1n) is 7.53. The number of nitrogens with zero attached hydrogens (tertiary/aromatic N) is 2. The van der Waals surface area contributed by atoms with Crippen molar-refractivity contribution in [3.63, 3.8) is 0 Å². The summed E-state index contributed by atoms with van der Waals surface area (Å²) in [5, 5.41) is 5.53. The number of nitrogens with one attached hydrogen (secondary N) is 1. The molecule has 0 aliphatic heterocycles. The zero-order valence-electron chi connectivity index (χ0n) is 12.3. The largest absolute Gasteiger partial charge is 0.302 e. The van der Waals surface area contributed by atoms with Crippen LogP contribution in [0, 0.1) is 5.92 Å². The second-order valence-electron chi connectivity index (χ2n) is 5.63. The predicted octanol–water partition coefficient (Wildman–Crippen LogP) is 3.95. The number of pyridine rings is 1. The van der Waals surface area contributed by atoms with Gasteiger partial charge in [-0.3, -0.25) is 9.78 Å². The van der Waals surface area contributed by atoms with E-state index < -0.39 is 0 Å². The lowest BCUT2D eigenvalue weighted by Crippen LogP contribution is -2.14. The number of rotatable bonds is 4. The monoisotopic (exact) mass is 321 g/mol. The minimum absolute atomic E-state index is 0.0585. The molecule has 1 aliphatic rings. The van der Waals surface area contributed by atoms with E-state index >= 15 is 0 Å². The predicted molar refractivity (Wildman–Crippen MR) is 91.3 cm³/mol. The third kappa shape index (κ3) is 3.00. The summed E-state index contributed by atoms with van der Waals surface area (Å²) in [6, 6.07) is 14.0. The smallest absolute Gasteiger partial charge is 0.229 e. The maximum atomic E-state index is 12.3. The number of carbonyl (C=O) groups is 1. The Labute approximate surface area is 138 Å². The fourth-order valence-corrected chi connectivity index (χ4v) is 3.45. The number of hydrogen-bond acceptors (Lipinski definition) is 4. The molecular formula is C18H15N3OS. The Morgan fingerprint density at radius 2 is 2.04 bits per heavy atom. The van der Waals surface area contributed by atoms with E-state index in [1.54, 1.807) is 12.4 Å². The van der Waals surface area contributed by atoms with Crippen LogP contribution in [0.2, 0.25) is 0 Å². The normalized spacial score (nSPS) is 19.3. The Bertz CT molecular complexity index is 817. The van der Waals surface area contributed by atoms with Gasteiger partial charge in [0, 0.05) is 29.3 Å². The fraction of sp³-hybridized carbons (Fsp3) is 0.167. The zero-order valence-corrected chi connectivity index (χ0v) is 13.2.